The molecule has 0 saturated carbocycles. The van der Waals surface area contributed by atoms with Crippen LogP contribution in [0.15, 0.2) is 29.1 Å². The van der Waals surface area contributed by atoms with Crippen LogP contribution in [0.5, 0.6) is 5.75 Å². The van der Waals surface area contributed by atoms with Crippen LogP contribution in [0.1, 0.15) is 46.1 Å². The Morgan fingerprint density at radius 3 is 2.70 bits per heavy atom. The number of fused-ring (bicyclic) bond motifs is 2. The maximum Gasteiger partial charge on any atom is 0.343 e. The minimum absolute atomic E-state index is 0.0404. The summed E-state index contributed by atoms with van der Waals surface area (Å²) >= 11 is 0. The Morgan fingerprint density at radius 1 is 1.23 bits per heavy atom. The van der Waals surface area contributed by atoms with Crippen LogP contribution in [-0.2, 0) is 23.0 Å². The standard InChI is InChI=1S/C23H28N2O5/c1-13-5-6-16(29-3)10-18(13)22-7-8-24-14(2)23(22,28)11-15-9-17(21(27)30-4)20(26)25-19(15)12-22/h5-6,9-10,14,24,28H,7-8,11-12H2,1-4H3,(H,25,26)/t14-,22-,23-/m1/s1. The van der Waals surface area contributed by atoms with Gasteiger partial charge in [0.15, 0.2) is 0 Å². The SMILES string of the molecule is COC(=O)c1cc2c([nH]c1=O)C[C@@]1(c3cc(OC)ccc3C)CCN[C@H](C)[C@]1(O)C2. The Morgan fingerprint density at radius 2 is 2.00 bits per heavy atom. The second-order valence-electron chi connectivity index (χ2n) is 8.47. The molecule has 2 aromatic rings. The third kappa shape index (κ3) is 2.87. The fourth-order valence-electron chi connectivity index (χ4n) is 5.35. The van der Waals surface area contributed by atoms with E-state index in [4.69, 9.17) is 9.47 Å². The molecule has 0 unspecified atom stereocenters. The van der Waals surface area contributed by atoms with Crippen molar-refractivity contribution in [3.63, 3.8) is 0 Å². The summed E-state index contributed by atoms with van der Waals surface area (Å²) in [5, 5.41) is 15.6. The van der Waals surface area contributed by atoms with E-state index in [-0.39, 0.29) is 11.6 Å². The van der Waals surface area contributed by atoms with Crippen molar-refractivity contribution in [1.29, 1.82) is 0 Å². The maximum absolute atomic E-state index is 12.6. The fraction of sp³-hybridized carbons (Fsp3) is 0.478. The number of aryl methyl sites for hydroxylation is 1. The Hall–Kier alpha value is -2.64. The number of aromatic amines is 1. The highest BCUT2D eigenvalue weighted by atomic mass is 16.5. The van der Waals surface area contributed by atoms with Crippen LogP contribution >= 0.6 is 0 Å². The molecule has 1 aromatic heterocycles. The van der Waals surface area contributed by atoms with Crippen molar-refractivity contribution in [1.82, 2.24) is 10.3 Å². The molecule has 1 aromatic carbocycles. The molecule has 30 heavy (non-hydrogen) atoms. The van der Waals surface area contributed by atoms with E-state index >= 15 is 0 Å². The van der Waals surface area contributed by atoms with E-state index < -0.39 is 22.5 Å². The monoisotopic (exact) mass is 412 g/mol. The number of rotatable bonds is 3. The zero-order chi connectivity index (χ0) is 21.7. The van der Waals surface area contributed by atoms with E-state index in [0.717, 1.165) is 34.7 Å². The lowest BCUT2D eigenvalue weighted by molar-refractivity contribution is -0.0944. The smallest absolute Gasteiger partial charge is 0.343 e. The molecule has 7 nitrogen and oxygen atoms in total. The summed E-state index contributed by atoms with van der Waals surface area (Å²) in [6.45, 7) is 4.77. The van der Waals surface area contributed by atoms with Gasteiger partial charge in [0.2, 0.25) is 0 Å². The van der Waals surface area contributed by atoms with E-state index in [1.165, 1.54) is 7.11 Å². The van der Waals surface area contributed by atoms with Gasteiger partial charge in [-0.2, -0.15) is 0 Å². The minimum Gasteiger partial charge on any atom is -0.497 e. The number of aromatic nitrogens is 1. The first-order chi connectivity index (χ1) is 14.3. The number of aliphatic hydroxyl groups is 1. The zero-order valence-electron chi connectivity index (χ0n) is 17.8. The molecule has 160 valence electrons. The molecule has 1 aliphatic heterocycles. The Labute approximate surface area is 175 Å². The van der Waals surface area contributed by atoms with Gasteiger partial charge in [-0.3, -0.25) is 4.79 Å². The summed E-state index contributed by atoms with van der Waals surface area (Å²) in [4.78, 5) is 27.5. The molecule has 1 fully saturated rings. The predicted octanol–water partition coefficient (Wildman–Crippen LogP) is 1.63. The number of piperidine rings is 1. The molecule has 0 amide bonds. The molecule has 0 bridgehead atoms. The number of ether oxygens (including phenoxy) is 2. The molecule has 0 spiro atoms. The molecule has 2 heterocycles. The molecule has 3 atom stereocenters. The van der Waals surface area contributed by atoms with Crippen LogP contribution in [0.2, 0.25) is 0 Å². The van der Waals surface area contributed by atoms with Gasteiger partial charge < -0.3 is 24.9 Å². The molecule has 1 aliphatic carbocycles. The predicted molar refractivity (Wildman–Crippen MR) is 112 cm³/mol. The average Bonchev–Trinajstić information content (AvgIpc) is 2.73. The molecular weight excluding hydrogens is 384 g/mol. The third-order valence-corrected chi connectivity index (χ3v) is 7.07. The minimum atomic E-state index is -1.11. The molecule has 4 rings (SSSR count). The molecule has 7 heteroatoms. The number of benzene rings is 1. The van der Waals surface area contributed by atoms with E-state index in [0.29, 0.717) is 19.3 Å². The highest BCUT2D eigenvalue weighted by Gasteiger charge is 2.59. The van der Waals surface area contributed by atoms with Crippen LogP contribution in [0, 0.1) is 6.92 Å². The van der Waals surface area contributed by atoms with E-state index in [9.17, 15) is 14.7 Å². The van der Waals surface area contributed by atoms with Crippen LogP contribution in [0.25, 0.3) is 0 Å². The topological polar surface area (TPSA) is 101 Å². The number of hydrogen-bond donors (Lipinski definition) is 3. The summed E-state index contributed by atoms with van der Waals surface area (Å²) in [6.07, 6.45) is 1.49. The van der Waals surface area contributed by atoms with Gasteiger partial charge in [0.1, 0.15) is 11.3 Å². The van der Waals surface area contributed by atoms with Crippen molar-refractivity contribution in [2.75, 3.05) is 20.8 Å². The second-order valence-corrected chi connectivity index (χ2v) is 8.47. The van der Waals surface area contributed by atoms with Gasteiger partial charge in [-0.1, -0.05) is 6.07 Å². The van der Waals surface area contributed by atoms with Crippen LogP contribution in [0.4, 0.5) is 0 Å². The number of nitrogens with one attached hydrogen (secondary N) is 2. The van der Waals surface area contributed by atoms with Gasteiger partial charge >= 0.3 is 5.97 Å². The van der Waals surface area contributed by atoms with Gasteiger partial charge in [-0.25, -0.2) is 4.79 Å². The van der Waals surface area contributed by atoms with Crippen molar-refractivity contribution in [2.45, 2.75) is 50.2 Å². The van der Waals surface area contributed by atoms with E-state index in [1.54, 1.807) is 13.2 Å². The lowest BCUT2D eigenvalue weighted by atomic mass is 9.53. The van der Waals surface area contributed by atoms with Crippen LogP contribution in [0.3, 0.4) is 0 Å². The molecular formula is C23H28N2O5. The summed E-state index contributed by atoms with van der Waals surface area (Å²) in [5.74, 6) is 0.0557. The number of pyridine rings is 1. The van der Waals surface area contributed by atoms with Gasteiger partial charge in [-0.15, -0.1) is 0 Å². The fourth-order valence-corrected chi connectivity index (χ4v) is 5.35. The van der Waals surface area contributed by atoms with Crippen molar-refractivity contribution in [3.8, 4) is 5.75 Å². The zero-order valence-corrected chi connectivity index (χ0v) is 17.8. The van der Waals surface area contributed by atoms with E-state index in [1.807, 2.05) is 32.0 Å². The van der Waals surface area contributed by atoms with Crippen LogP contribution < -0.4 is 15.6 Å². The summed E-state index contributed by atoms with van der Waals surface area (Å²) < 4.78 is 10.2. The van der Waals surface area contributed by atoms with Gasteiger partial charge in [0.25, 0.3) is 5.56 Å². The number of hydrogen-bond acceptors (Lipinski definition) is 6. The van der Waals surface area contributed by atoms with E-state index in [2.05, 4.69) is 10.3 Å². The molecule has 3 N–H and O–H groups in total. The lowest BCUT2D eigenvalue weighted by Crippen LogP contribution is -2.70. The molecule has 2 aliphatic rings. The summed E-state index contributed by atoms with van der Waals surface area (Å²) in [5.41, 5.74) is 1.41. The molecule has 0 radical (unpaired) electrons. The van der Waals surface area contributed by atoms with Crippen LogP contribution in [-0.4, -0.2) is 48.5 Å². The average molecular weight is 412 g/mol. The number of H-pyrrole nitrogens is 1. The van der Waals surface area contributed by atoms with Crippen molar-refractivity contribution < 1.29 is 19.4 Å². The number of carbonyl (C=O) groups excluding carboxylic acids is 1. The quantitative estimate of drug-likeness (QED) is 0.663. The number of methoxy groups -OCH3 is 2. The summed E-state index contributed by atoms with van der Waals surface area (Å²) in [6, 6.07) is 7.32. The second kappa shape index (κ2) is 7.25. The third-order valence-electron chi connectivity index (χ3n) is 7.07. The van der Waals surface area contributed by atoms with Gasteiger partial charge in [0, 0.05) is 30.0 Å². The normalized spacial score (nSPS) is 27.7. The first-order valence-electron chi connectivity index (χ1n) is 10.2. The van der Waals surface area contributed by atoms with Crippen molar-refractivity contribution >= 4 is 5.97 Å². The first-order valence-corrected chi connectivity index (χ1v) is 10.2. The Balaban J connectivity index is 1.94. The number of carbonyl (C=O) groups is 1. The highest BCUT2D eigenvalue weighted by molar-refractivity contribution is 5.89. The van der Waals surface area contributed by atoms with Gasteiger partial charge in [-0.05, 0) is 61.7 Å². The highest BCUT2D eigenvalue weighted by Crippen LogP contribution is 2.51. The number of esters is 1. The van der Waals surface area contributed by atoms with Crippen molar-refractivity contribution in [2.24, 2.45) is 0 Å². The maximum atomic E-state index is 12.6. The largest absolute Gasteiger partial charge is 0.497 e. The van der Waals surface area contributed by atoms with Crippen molar-refractivity contribution in [3.05, 3.63) is 62.6 Å². The Bertz CT molecular complexity index is 1060. The lowest BCUT2D eigenvalue weighted by Gasteiger charge is -2.57. The Kier molecular flexibility index (Phi) is 4.98. The first kappa shape index (κ1) is 20.6. The summed E-state index contributed by atoms with van der Waals surface area (Å²) in [7, 11) is 2.88. The molecule has 1 saturated heterocycles. The van der Waals surface area contributed by atoms with Gasteiger partial charge in [0.05, 0.1) is 19.8 Å².